The number of hydrogen-bond acceptors (Lipinski definition) is 3. The van der Waals surface area contributed by atoms with E-state index in [1.165, 1.54) is 16.7 Å². The van der Waals surface area contributed by atoms with Crippen LogP contribution in [0.4, 0.5) is 0 Å². The van der Waals surface area contributed by atoms with E-state index >= 15 is 0 Å². The van der Waals surface area contributed by atoms with Gasteiger partial charge in [0.25, 0.3) is 0 Å². The van der Waals surface area contributed by atoms with Crippen molar-refractivity contribution in [3.8, 4) is 0 Å². The lowest BCUT2D eigenvalue weighted by Crippen LogP contribution is -2.01. The number of aromatic nitrogens is 3. The van der Waals surface area contributed by atoms with Crippen molar-refractivity contribution in [2.75, 3.05) is 0 Å². The highest BCUT2D eigenvalue weighted by atomic mass is 32.1. The molecule has 0 fully saturated rings. The summed E-state index contributed by atoms with van der Waals surface area (Å²) in [4.78, 5) is 7.69. The zero-order valence-corrected chi connectivity index (χ0v) is 11.9. The van der Waals surface area contributed by atoms with Gasteiger partial charge in [-0.05, 0) is 59.6 Å². The first-order valence-electron chi connectivity index (χ1n) is 5.72. The van der Waals surface area contributed by atoms with E-state index in [-0.39, 0.29) is 0 Å². The molecule has 0 spiro atoms. The lowest BCUT2D eigenvalue weighted by Gasteiger charge is -2.03. The van der Waals surface area contributed by atoms with Gasteiger partial charge in [-0.2, -0.15) is 11.3 Å². The quantitative estimate of drug-likeness (QED) is 0.721. The van der Waals surface area contributed by atoms with E-state index in [2.05, 4.69) is 39.1 Å². The molecule has 92 valence electrons. The molecule has 0 aliphatic carbocycles. The molecule has 0 atom stereocenters. The topological polar surface area (TPSA) is 33.6 Å². The maximum atomic E-state index is 5.40. The van der Waals surface area contributed by atoms with E-state index in [1.54, 1.807) is 11.3 Å². The lowest BCUT2D eigenvalue weighted by atomic mass is 10.2. The van der Waals surface area contributed by atoms with Crippen LogP contribution >= 0.6 is 23.6 Å². The highest BCUT2D eigenvalue weighted by molar-refractivity contribution is 7.71. The molecule has 0 unspecified atom stereocenters. The van der Waals surface area contributed by atoms with Gasteiger partial charge < -0.3 is 4.98 Å². The smallest absolute Gasteiger partial charge is 0.179 e. The van der Waals surface area contributed by atoms with Crippen molar-refractivity contribution in [3.63, 3.8) is 0 Å². The molecule has 3 heterocycles. The van der Waals surface area contributed by atoms with Gasteiger partial charge in [-0.3, -0.25) is 4.57 Å². The number of imidazole rings is 1. The van der Waals surface area contributed by atoms with Gasteiger partial charge in [0, 0.05) is 6.20 Å². The van der Waals surface area contributed by atoms with Gasteiger partial charge in [-0.25, -0.2) is 4.98 Å². The molecule has 3 aromatic heterocycles. The third-order valence-electron chi connectivity index (χ3n) is 3.16. The Balaban J connectivity index is 2.18. The second-order valence-corrected chi connectivity index (χ2v) is 5.55. The molecule has 0 radical (unpaired) electrons. The summed E-state index contributed by atoms with van der Waals surface area (Å²) in [5.74, 6) is 0. The maximum Gasteiger partial charge on any atom is 0.179 e. The van der Waals surface area contributed by atoms with Crippen molar-refractivity contribution in [3.05, 3.63) is 44.5 Å². The van der Waals surface area contributed by atoms with E-state index in [9.17, 15) is 0 Å². The Bertz CT molecular complexity index is 764. The van der Waals surface area contributed by atoms with E-state index in [0.29, 0.717) is 0 Å². The van der Waals surface area contributed by atoms with Crippen LogP contribution in [0.3, 0.4) is 0 Å². The fourth-order valence-corrected chi connectivity index (χ4v) is 3.14. The number of H-pyrrole nitrogens is 1. The summed E-state index contributed by atoms with van der Waals surface area (Å²) >= 11 is 7.12. The number of fused-ring (bicyclic) bond motifs is 1. The molecule has 3 nitrogen and oxygen atoms in total. The summed E-state index contributed by atoms with van der Waals surface area (Å²) in [5, 5.41) is 4.33. The fourth-order valence-electron chi connectivity index (χ4n) is 2.04. The largest absolute Gasteiger partial charge is 0.329 e. The predicted octanol–water partition coefficient (Wildman–Crippen LogP) is 3.82. The lowest BCUT2D eigenvalue weighted by molar-refractivity contribution is 0.799. The summed E-state index contributed by atoms with van der Waals surface area (Å²) in [6.07, 6.45) is 1.83. The summed E-state index contributed by atoms with van der Waals surface area (Å²) in [6, 6.07) is 1.99. The van der Waals surface area contributed by atoms with Crippen LogP contribution in [0.2, 0.25) is 0 Å². The number of pyridine rings is 1. The first-order valence-corrected chi connectivity index (χ1v) is 7.07. The molecule has 0 aliphatic heterocycles. The number of thiophene rings is 1. The SMILES string of the molecule is Cc1cscc1Cn1c(=S)[nH]c2c(C)ccnc21. The molecular formula is C13H13N3S2. The molecule has 3 aromatic rings. The van der Waals surface area contributed by atoms with Gasteiger partial charge in [-0.1, -0.05) is 0 Å². The van der Waals surface area contributed by atoms with Crippen LogP contribution in [0.1, 0.15) is 16.7 Å². The average molecular weight is 275 g/mol. The Morgan fingerprint density at radius 3 is 2.89 bits per heavy atom. The molecule has 1 N–H and O–H groups in total. The second kappa shape index (κ2) is 4.33. The van der Waals surface area contributed by atoms with Gasteiger partial charge in [-0.15, -0.1) is 0 Å². The number of hydrogen-bond donors (Lipinski definition) is 1. The number of aromatic amines is 1. The minimum atomic E-state index is 0.734. The monoisotopic (exact) mass is 275 g/mol. The average Bonchev–Trinajstić information content (AvgIpc) is 2.87. The summed E-state index contributed by atoms with van der Waals surface area (Å²) in [6.45, 7) is 4.98. The summed E-state index contributed by atoms with van der Waals surface area (Å²) in [7, 11) is 0. The van der Waals surface area contributed by atoms with Crippen molar-refractivity contribution < 1.29 is 0 Å². The van der Waals surface area contributed by atoms with Gasteiger partial charge in [0.1, 0.15) is 0 Å². The van der Waals surface area contributed by atoms with Crippen LogP contribution in [0, 0.1) is 18.6 Å². The molecule has 0 amide bonds. The van der Waals surface area contributed by atoms with Crippen LogP contribution < -0.4 is 0 Å². The minimum Gasteiger partial charge on any atom is -0.329 e. The minimum absolute atomic E-state index is 0.734. The van der Waals surface area contributed by atoms with Crippen molar-refractivity contribution >= 4 is 34.7 Å². The highest BCUT2D eigenvalue weighted by Crippen LogP contribution is 2.20. The Hall–Kier alpha value is -1.46. The zero-order valence-electron chi connectivity index (χ0n) is 10.2. The third-order valence-corrected chi connectivity index (χ3v) is 4.39. The molecule has 0 bridgehead atoms. The van der Waals surface area contributed by atoms with Crippen molar-refractivity contribution in [2.45, 2.75) is 20.4 Å². The van der Waals surface area contributed by atoms with Crippen LogP contribution in [0.25, 0.3) is 11.2 Å². The molecule has 0 aromatic carbocycles. The molecule has 3 rings (SSSR count). The first-order chi connectivity index (χ1) is 8.66. The van der Waals surface area contributed by atoms with Crippen LogP contribution in [-0.2, 0) is 6.54 Å². The van der Waals surface area contributed by atoms with E-state index in [4.69, 9.17) is 12.2 Å². The Kier molecular flexibility index (Phi) is 2.80. The third kappa shape index (κ3) is 1.79. The van der Waals surface area contributed by atoms with Gasteiger partial charge in [0.15, 0.2) is 10.4 Å². The van der Waals surface area contributed by atoms with E-state index in [0.717, 1.165) is 22.5 Å². The predicted molar refractivity (Wildman–Crippen MR) is 77.8 cm³/mol. The highest BCUT2D eigenvalue weighted by Gasteiger charge is 2.09. The molecule has 5 heteroatoms. The zero-order chi connectivity index (χ0) is 12.7. The Morgan fingerprint density at radius 1 is 1.33 bits per heavy atom. The van der Waals surface area contributed by atoms with Crippen molar-refractivity contribution in [1.29, 1.82) is 0 Å². The maximum absolute atomic E-state index is 5.40. The number of nitrogens with zero attached hydrogens (tertiary/aromatic N) is 2. The molecule has 0 saturated heterocycles. The van der Waals surface area contributed by atoms with E-state index < -0.39 is 0 Å². The Labute approximate surface area is 114 Å². The van der Waals surface area contributed by atoms with Gasteiger partial charge in [0.2, 0.25) is 0 Å². The van der Waals surface area contributed by atoms with E-state index in [1.807, 2.05) is 12.3 Å². The van der Waals surface area contributed by atoms with Crippen LogP contribution in [0.15, 0.2) is 23.0 Å². The normalized spacial score (nSPS) is 11.2. The van der Waals surface area contributed by atoms with Crippen molar-refractivity contribution in [2.24, 2.45) is 0 Å². The second-order valence-electron chi connectivity index (χ2n) is 4.42. The number of aryl methyl sites for hydroxylation is 2. The first kappa shape index (κ1) is 11.6. The molecule has 18 heavy (non-hydrogen) atoms. The standard InChI is InChI=1S/C13H13N3S2/c1-8-3-4-14-12-11(8)15-13(17)16(12)5-10-7-18-6-9(10)2/h3-4,6-7H,5H2,1-2H3,(H,15,17). The van der Waals surface area contributed by atoms with Crippen molar-refractivity contribution in [1.82, 2.24) is 14.5 Å². The van der Waals surface area contributed by atoms with Crippen LogP contribution in [0.5, 0.6) is 0 Å². The molecular weight excluding hydrogens is 262 g/mol. The van der Waals surface area contributed by atoms with Crippen LogP contribution in [-0.4, -0.2) is 14.5 Å². The number of nitrogens with one attached hydrogen (secondary N) is 1. The van der Waals surface area contributed by atoms with Gasteiger partial charge >= 0.3 is 0 Å². The molecule has 0 saturated carbocycles. The Morgan fingerprint density at radius 2 is 2.17 bits per heavy atom. The fraction of sp³-hybridized carbons (Fsp3) is 0.231. The summed E-state index contributed by atoms with van der Waals surface area (Å²) in [5.41, 5.74) is 5.76. The number of rotatable bonds is 2. The van der Waals surface area contributed by atoms with Gasteiger partial charge in [0.05, 0.1) is 12.1 Å². The summed E-state index contributed by atoms with van der Waals surface area (Å²) < 4.78 is 2.80. The molecule has 0 aliphatic rings.